The van der Waals surface area contributed by atoms with E-state index in [-0.39, 0.29) is 24.1 Å². The number of amides is 1. The molecule has 2 aromatic carbocycles. The van der Waals surface area contributed by atoms with E-state index in [2.05, 4.69) is 4.98 Å². The molecule has 1 heterocycles. The van der Waals surface area contributed by atoms with Crippen LogP contribution in [0.1, 0.15) is 29.8 Å². The van der Waals surface area contributed by atoms with Gasteiger partial charge in [-0.3, -0.25) is 9.78 Å². The Labute approximate surface area is 168 Å². The van der Waals surface area contributed by atoms with E-state index in [4.69, 9.17) is 19.9 Å². The first-order valence-electron chi connectivity index (χ1n) is 9.09. The van der Waals surface area contributed by atoms with Crippen LogP contribution in [0.5, 0.6) is 17.2 Å². The van der Waals surface area contributed by atoms with Gasteiger partial charge in [-0.15, -0.1) is 0 Å². The van der Waals surface area contributed by atoms with E-state index >= 15 is 0 Å². The monoisotopic (exact) mass is 394 g/mol. The van der Waals surface area contributed by atoms with E-state index in [1.54, 1.807) is 42.7 Å². The SMILES string of the molecule is COc1cc2c(CC(=O)c3cccc(OC(C)C)c3)cncc2cc1OC(N)=O. The fraction of sp³-hybridized carbons (Fsp3) is 0.227. The summed E-state index contributed by atoms with van der Waals surface area (Å²) in [6.07, 6.45) is 2.49. The van der Waals surface area contributed by atoms with Crippen LogP contribution in [0.3, 0.4) is 0 Å². The molecule has 7 nitrogen and oxygen atoms in total. The molecule has 0 radical (unpaired) electrons. The summed E-state index contributed by atoms with van der Waals surface area (Å²) in [4.78, 5) is 28.2. The maximum absolute atomic E-state index is 12.9. The lowest BCUT2D eigenvalue weighted by molar-refractivity contribution is 0.0992. The van der Waals surface area contributed by atoms with Gasteiger partial charge in [-0.25, -0.2) is 4.79 Å². The van der Waals surface area contributed by atoms with Crippen molar-refractivity contribution in [1.82, 2.24) is 4.98 Å². The molecule has 2 N–H and O–H groups in total. The number of hydrogen-bond acceptors (Lipinski definition) is 6. The van der Waals surface area contributed by atoms with E-state index in [9.17, 15) is 9.59 Å². The van der Waals surface area contributed by atoms with E-state index in [0.717, 1.165) is 10.9 Å². The van der Waals surface area contributed by atoms with Crippen LogP contribution in [0.15, 0.2) is 48.8 Å². The van der Waals surface area contributed by atoms with Crippen LogP contribution >= 0.6 is 0 Å². The summed E-state index contributed by atoms with van der Waals surface area (Å²) in [7, 11) is 1.46. The van der Waals surface area contributed by atoms with Gasteiger partial charge in [0.15, 0.2) is 17.3 Å². The molecule has 0 unspecified atom stereocenters. The minimum absolute atomic E-state index is 0.0203. The highest BCUT2D eigenvalue weighted by Gasteiger charge is 2.15. The first-order valence-corrected chi connectivity index (χ1v) is 9.09. The molecule has 0 aliphatic carbocycles. The third kappa shape index (κ3) is 4.82. The predicted molar refractivity (Wildman–Crippen MR) is 109 cm³/mol. The number of benzene rings is 2. The highest BCUT2D eigenvalue weighted by Crippen LogP contribution is 2.34. The number of carbonyl (C=O) groups is 2. The first kappa shape index (κ1) is 20.1. The number of nitrogens with two attached hydrogens (primary N) is 1. The van der Waals surface area contributed by atoms with Gasteiger partial charge in [-0.1, -0.05) is 12.1 Å². The summed E-state index contributed by atoms with van der Waals surface area (Å²) in [5, 5.41) is 1.47. The van der Waals surface area contributed by atoms with Gasteiger partial charge in [-0.2, -0.15) is 0 Å². The number of Topliss-reactive ketones (excluding diaryl/α,β-unsaturated/α-hetero) is 1. The van der Waals surface area contributed by atoms with Crippen LogP contribution in [0.2, 0.25) is 0 Å². The molecule has 0 aliphatic rings. The Morgan fingerprint density at radius 3 is 2.59 bits per heavy atom. The molecule has 0 aliphatic heterocycles. The molecule has 29 heavy (non-hydrogen) atoms. The molecule has 3 aromatic rings. The standard InChI is InChI=1S/C22H22N2O5/c1-13(2)28-17-6-4-5-14(7-17)19(25)8-15-11-24-12-16-9-21(29-22(23)26)20(27-3)10-18(15)16/h4-7,9-13H,8H2,1-3H3,(H2,23,26). The quantitative estimate of drug-likeness (QED) is 0.610. The summed E-state index contributed by atoms with van der Waals surface area (Å²) in [5.74, 6) is 1.11. The van der Waals surface area contributed by atoms with Gasteiger partial charge in [0.05, 0.1) is 13.2 Å². The molecule has 7 heteroatoms. The second kappa shape index (κ2) is 8.60. The van der Waals surface area contributed by atoms with Gasteiger partial charge in [0.2, 0.25) is 0 Å². The fourth-order valence-corrected chi connectivity index (χ4v) is 3.02. The van der Waals surface area contributed by atoms with Crippen LogP contribution < -0.4 is 19.9 Å². The maximum atomic E-state index is 12.9. The zero-order valence-corrected chi connectivity index (χ0v) is 16.5. The number of rotatable bonds is 7. The predicted octanol–water partition coefficient (Wildman–Crippen LogP) is 3.91. The number of hydrogen-bond donors (Lipinski definition) is 1. The maximum Gasteiger partial charge on any atom is 0.410 e. The van der Waals surface area contributed by atoms with Gasteiger partial charge >= 0.3 is 6.09 Å². The van der Waals surface area contributed by atoms with Crippen molar-refractivity contribution in [1.29, 1.82) is 0 Å². The number of carbonyl (C=O) groups excluding carboxylic acids is 2. The molecule has 0 atom stereocenters. The van der Waals surface area contributed by atoms with Crippen molar-refractivity contribution in [3.8, 4) is 17.2 Å². The number of ether oxygens (including phenoxy) is 3. The number of fused-ring (bicyclic) bond motifs is 1. The third-order valence-corrected chi connectivity index (χ3v) is 4.22. The lowest BCUT2D eigenvalue weighted by Crippen LogP contribution is -2.16. The Hall–Kier alpha value is -3.61. The summed E-state index contributed by atoms with van der Waals surface area (Å²) >= 11 is 0. The molecular formula is C22H22N2O5. The van der Waals surface area contributed by atoms with E-state index in [0.29, 0.717) is 22.4 Å². The number of primary amides is 1. The first-order chi connectivity index (χ1) is 13.9. The Bertz CT molecular complexity index is 1060. The average molecular weight is 394 g/mol. The summed E-state index contributed by atoms with van der Waals surface area (Å²) in [5.41, 5.74) is 6.39. The van der Waals surface area contributed by atoms with Gasteiger partial charge in [0.25, 0.3) is 0 Å². The molecule has 1 amide bonds. The van der Waals surface area contributed by atoms with E-state index in [1.165, 1.54) is 7.11 Å². The second-order valence-corrected chi connectivity index (χ2v) is 6.74. The molecule has 0 saturated carbocycles. The van der Waals surface area contributed by atoms with E-state index in [1.807, 2.05) is 19.9 Å². The van der Waals surface area contributed by atoms with Crippen molar-refractivity contribution in [3.63, 3.8) is 0 Å². The van der Waals surface area contributed by atoms with Crippen LogP contribution in [-0.4, -0.2) is 30.1 Å². The fourth-order valence-electron chi connectivity index (χ4n) is 3.02. The van der Waals surface area contributed by atoms with Crippen molar-refractivity contribution >= 4 is 22.6 Å². The number of ketones is 1. The highest BCUT2D eigenvalue weighted by molar-refractivity contribution is 6.00. The number of aromatic nitrogens is 1. The Morgan fingerprint density at radius 2 is 1.90 bits per heavy atom. The molecular weight excluding hydrogens is 372 g/mol. The lowest BCUT2D eigenvalue weighted by Gasteiger charge is -2.12. The Kier molecular flexibility index (Phi) is 5.97. The van der Waals surface area contributed by atoms with Crippen molar-refractivity contribution in [3.05, 3.63) is 59.9 Å². The number of nitrogens with zero attached hydrogens (tertiary/aromatic N) is 1. The molecule has 0 spiro atoms. The zero-order valence-electron chi connectivity index (χ0n) is 16.5. The lowest BCUT2D eigenvalue weighted by atomic mass is 9.99. The topological polar surface area (TPSA) is 101 Å². The van der Waals surface area contributed by atoms with Crippen LogP contribution in [0.25, 0.3) is 10.8 Å². The number of methoxy groups -OCH3 is 1. The molecule has 1 aromatic heterocycles. The Balaban J connectivity index is 1.94. The van der Waals surface area contributed by atoms with Crippen molar-refractivity contribution in [2.45, 2.75) is 26.4 Å². The minimum atomic E-state index is -0.939. The van der Waals surface area contributed by atoms with Crippen molar-refractivity contribution < 1.29 is 23.8 Å². The molecule has 0 fully saturated rings. The Morgan fingerprint density at radius 1 is 1.10 bits per heavy atom. The van der Waals surface area contributed by atoms with Gasteiger partial charge in [-0.05, 0) is 49.1 Å². The van der Waals surface area contributed by atoms with Crippen molar-refractivity contribution in [2.24, 2.45) is 5.73 Å². The molecule has 3 rings (SSSR count). The number of pyridine rings is 1. The smallest absolute Gasteiger partial charge is 0.410 e. The minimum Gasteiger partial charge on any atom is -0.493 e. The largest absolute Gasteiger partial charge is 0.493 e. The van der Waals surface area contributed by atoms with Crippen LogP contribution in [0, 0.1) is 0 Å². The molecule has 0 bridgehead atoms. The third-order valence-electron chi connectivity index (χ3n) is 4.22. The van der Waals surface area contributed by atoms with Crippen LogP contribution in [-0.2, 0) is 6.42 Å². The molecule has 0 saturated heterocycles. The van der Waals surface area contributed by atoms with Gasteiger partial charge in [0.1, 0.15) is 5.75 Å². The van der Waals surface area contributed by atoms with Crippen molar-refractivity contribution in [2.75, 3.05) is 7.11 Å². The highest BCUT2D eigenvalue weighted by atomic mass is 16.6. The van der Waals surface area contributed by atoms with Crippen LogP contribution in [0.4, 0.5) is 4.79 Å². The van der Waals surface area contributed by atoms with E-state index < -0.39 is 6.09 Å². The average Bonchev–Trinajstić information content (AvgIpc) is 2.67. The molecule has 150 valence electrons. The normalized spacial score (nSPS) is 10.8. The summed E-state index contributed by atoms with van der Waals surface area (Å²) < 4.78 is 15.9. The summed E-state index contributed by atoms with van der Waals surface area (Å²) in [6, 6.07) is 10.4. The second-order valence-electron chi connectivity index (χ2n) is 6.74. The summed E-state index contributed by atoms with van der Waals surface area (Å²) in [6.45, 7) is 3.86. The van der Waals surface area contributed by atoms with Gasteiger partial charge in [0, 0.05) is 29.8 Å². The van der Waals surface area contributed by atoms with Gasteiger partial charge < -0.3 is 19.9 Å². The zero-order chi connectivity index (χ0) is 21.0.